The van der Waals surface area contributed by atoms with Gasteiger partial charge in [-0.1, -0.05) is 6.07 Å². The van der Waals surface area contributed by atoms with Crippen LogP contribution in [0.4, 0.5) is 20.4 Å². The Hall–Kier alpha value is -3.27. The summed E-state index contributed by atoms with van der Waals surface area (Å²) in [6.07, 6.45) is 5.59. The monoisotopic (exact) mass is 502 g/mol. The van der Waals surface area contributed by atoms with Gasteiger partial charge in [0.1, 0.15) is 17.5 Å². The summed E-state index contributed by atoms with van der Waals surface area (Å²) < 4.78 is 60.6. The van der Waals surface area contributed by atoms with Gasteiger partial charge < -0.3 is 14.8 Å². The van der Waals surface area contributed by atoms with Crippen molar-refractivity contribution in [1.29, 1.82) is 4.78 Å². The van der Waals surface area contributed by atoms with Crippen molar-refractivity contribution in [2.24, 2.45) is 0 Å². The van der Waals surface area contributed by atoms with E-state index in [2.05, 4.69) is 15.3 Å². The summed E-state index contributed by atoms with van der Waals surface area (Å²) in [7, 11) is -2.80. The maximum atomic E-state index is 14.7. The van der Waals surface area contributed by atoms with Crippen LogP contribution < -0.4 is 14.8 Å². The number of aromatic nitrogens is 2. The van der Waals surface area contributed by atoms with Gasteiger partial charge >= 0.3 is 0 Å². The largest absolute Gasteiger partial charge is 0.490 e. The first-order valence-corrected chi connectivity index (χ1v) is 13.5. The summed E-state index contributed by atoms with van der Waals surface area (Å²) in [5, 5.41) is 3.05. The molecule has 7 nitrogen and oxygen atoms in total. The Morgan fingerprint density at radius 1 is 1.11 bits per heavy atom. The Kier molecular flexibility index (Phi) is 7.49. The number of hydrogen-bond acceptors (Lipinski definition) is 7. The maximum absolute atomic E-state index is 14.7. The van der Waals surface area contributed by atoms with Gasteiger partial charge in [0, 0.05) is 27.6 Å². The van der Waals surface area contributed by atoms with Crippen molar-refractivity contribution < 1.29 is 22.5 Å². The second kappa shape index (κ2) is 10.6. The summed E-state index contributed by atoms with van der Waals surface area (Å²) >= 11 is 0. The number of fused-ring (bicyclic) bond motifs is 7. The van der Waals surface area contributed by atoms with Crippen LogP contribution in [0, 0.1) is 16.4 Å². The van der Waals surface area contributed by atoms with Crippen molar-refractivity contribution in [3.8, 4) is 22.8 Å². The molecule has 186 valence electrons. The van der Waals surface area contributed by atoms with E-state index in [0.29, 0.717) is 35.2 Å². The van der Waals surface area contributed by atoms with E-state index in [9.17, 15) is 13.0 Å². The van der Waals surface area contributed by atoms with Crippen molar-refractivity contribution in [3.05, 3.63) is 59.8 Å². The highest BCUT2D eigenvalue weighted by Crippen LogP contribution is 2.31. The summed E-state index contributed by atoms with van der Waals surface area (Å²) in [4.78, 5) is 8.60. The van der Waals surface area contributed by atoms with Crippen LogP contribution in [-0.2, 0) is 15.5 Å². The third kappa shape index (κ3) is 6.88. The minimum Gasteiger partial charge on any atom is -0.490 e. The fourth-order valence-electron chi connectivity index (χ4n) is 3.88. The molecule has 0 saturated heterocycles. The summed E-state index contributed by atoms with van der Waals surface area (Å²) in [6, 6.07) is 9.09. The van der Waals surface area contributed by atoms with Gasteiger partial charge in [0.05, 0.1) is 24.7 Å². The highest BCUT2D eigenvalue weighted by Gasteiger charge is 2.15. The molecule has 2 unspecified atom stereocenters. The quantitative estimate of drug-likeness (QED) is 0.442. The van der Waals surface area contributed by atoms with Crippen molar-refractivity contribution in [3.63, 3.8) is 0 Å². The molecule has 0 saturated carbocycles. The number of halogens is 2. The predicted molar refractivity (Wildman–Crippen MR) is 132 cm³/mol. The second-order valence-electron chi connectivity index (χ2n) is 8.79. The van der Waals surface area contributed by atoms with E-state index in [1.54, 1.807) is 12.1 Å². The Morgan fingerprint density at radius 3 is 2.74 bits per heavy atom. The van der Waals surface area contributed by atoms with Gasteiger partial charge in [-0.25, -0.2) is 18.0 Å². The highest BCUT2D eigenvalue weighted by atomic mass is 32.2. The summed E-state index contributed by atoms with van der Waals surface area (Å²) in [5.74, 6) is 0.0499. The fourth-order valence-corrected chi connectivity index (χ4v) is 4.69. The van der Waals surface area contributed by atoms with Gasteiger partial charge in [-0.05, 0) is 68.0 Å². The topological polar surface area (TPSA) is 97.2 Å². The number of rotatable bonds is 2. The first-order valence-electron chi connectivity index (χ1n) is 11.4. The Bertz CT molecular complexity index is 1320. The molecule has 10 heteroatoms. The Labute approximate surface area is 203 Å². The maximum Gasteiger partial charge on any atom is 0.215 e. The van der Waals surface area contributed by atoms with Crippen molar-refractivity contribution in [2.45, 2.75) is 44.5 Å². The molecule has 3 heterocycles. The third-order valence-corrected chi connectivity index (χ3v) is 6.38. The van der Waals surface area contributed by atoms with Crippen molar-refractivity contribution in [1.82, 2.24) is 9.97 Å². The molecule has 1 aromatic carbocycles. The van der Waals surface area contributed by atoms with Crippen LogP contribution in [0.5, 0.6) is 11.6 Å². The molecule has 2 aromatic heterocycles. The molecule has 1 aliphatic heterocycles. The Balaban J connectivity index is 1.75. The SMILES string of the molecule is CC1CCCCCOc2cc(ccc2F)-c2cc(ncc2F)Nc2cc(CS(C)(=N)=O)cc(n2)O1. The lowest BCUT2D eigenvalue weighted by molar-refractivity contribution is 0.196. The van der Waals surface area contributed by atoms with Crippen molar-refractivity contribution in [2.75, 3.05) is 18.2 Å². The zero-order valence-corrected chi connectivity index (χ0v) is 20.5. The molecular weight excluding hydrogens is 474 g/mol. The van der Waals surface area contributed by atoms with Gasteiger partial charge in [0.25, 0.3) is 0 Å². The van der Waals surface area contributed by atoms with E-state index in [0.717, 1.165) is 31.9 Å². The number of anilines is 2. The average molecular weight is 503 g/mol. The van der Waals surface area contributed by atoms with Crippen LogP contribution >= 0.6 is 0 Å². The zero-order chi connectivity index (χ0) is 25.0. The van der Waals surface area contributed by atoms with E-state index in [4.69, 9.17) is 14.3 Å². The smallest absolute Gasteiger partial charge is 0.215 e. The van der Waals surface area contributed by atoms with E-state index < -0.39 is 21.4 Å². The lowest BCUT2D eigenvalue weighted by Crippen LogP contribution is -2.14. The first kappa shape index (κ1) is 24.8. The average Bonchev–Trinajstić information content (AvgIpc) is 2.77. The van der Waals surface area contributed by atoms with Crippen molar-refractivity contribution >= 4 is 21.4 Å². The predicted octanol–water partition coefficient (Wildman–Crippen LogP) is 6.06. The van der Waals surface area contributed by atoms with E-state index in [1.165, 1.54) is 30.5 Å². The molecule has 0 radical (unpaired) electrons. The van der Waals surface area contributed by atoms with Crippen LogP contribution in [0.3, 0.4) is 0 Å². The number of nitrogens with zero attached hydrogens (tertiary/aromatic N) is 2. The molecule has 0 fully saturated rings. The molecular formula is C25H28F2N4O3S. The molecule has 0 aliphatic carbocycles. The van der Waals surface area contributed by atoms with E-state index in [1.807, 2.05) is 6.92 Å². The zero-order valence-electron chi connectivity index (χ0n) is 19.6. The third-order valence-electron chi connectivity index (χ3n) is 5.49. The van der Waals surface area contributed by atoms with Crippen LogP contribution in [0.1, 0.15) is 38.2 Å². The van der Waals surface area contributed by atoms with Gasteiger partial charge in [0.15, 0.2) is 11.6 Å². The molecule has 1 aliphatic rings. The number of benzene rings is 1. The van der Waals surface area contributed by atoms with Gasteiger partial charge in [-0.15, -0.1) is 0 Å². The van der Waals surface area contributed by atoms with E-state index >= 15 is 0 Å². The molecule has 4 rings (SSSR count). The van der Waals surface area contributed by atoms with Gasteiger partial charge in [-0.3, -0.25) is 4.78 Å². The molecule has 6 bridgehead atoms. The van der Waals surface area contributed by atoms with Gasteiger partial charge in [-0.2, -0.15) is 4.98 Å². The summed E-state index contributed by atoms with van der Waals surface area (Å²) in [6.45, 7) is 2.29. The van der Waals surface area contributed by atoms with Crippen LogP contribution in [0.15, 0.2) is 42.6 Å². The molecule has 2 N–H and O–H groups in total. The molecule has 0 spiro atoms. The van der Waals surface area contributed by atoms with Gasteiger partial charge in [0.2, 0.25) is 5.88 Å². The Morgan fingerprint density at radius 2 is 1.94 bits per heavy atom. The number of pyridine rings is 2. The minimum atomic E-state index is -2.80. The molecule has 3 aromatic rings. The van der Waals surface area contributed by atoms with E-state index in [-0.39, 0.29) is 23.2 Å². The second-order valence-corrected chi connectivity index (χ2v) is 11.1. The number of ether oxygens (including phenoxy) is 2. The lowest BCUT2D eigenvalue weighted by atomic mass is 10.1. The number of hydrogen-bond donors (Lipinski definition) is 2. The molecule has 2 atom stereocenters. The standard InChI is InChI=1S/C25H28F2N4O3S/c1-16-6-4-3-5-9-33-22-12-18(7-8-20(22)26)19-13-23(29-14-21(19)27)30-24-10-17(15-35(2,28)32)11-25(31-24)34-16/h7-8,10-14,16,28H,3-6,9,15H2,1-2H3,(H,29,30,31). The number of nitrogens with one attached hydrogen (secondary N) is 2. The van der Waals surface area contributed by atoms with Crippen LogP contribution in [0.25, 0.3) is 11.1 Å². The molecule has 0 amide bonds. The normalized spacial score (nSPS) is 18.1. The fraction of sp³-hybridized carbons (Fsp3) is 0.360. The molecule has 35 heavy (non-hydrogen) atoms. The highest BCUT2D eigenvalue weighted by molar-refractivity contribution is 7.90. The minimum absolute atomic E-state index is 0.0371. The van der Waals surface area contributed by atoms with Crippen LogP contribution in [-0.4, -0.2) is 33.1 Å². The first-order chi connectivity index (χ1) is 16.7. The lowest BCUT2D eigenvalue weighted by Gasteiger charge is -2.17. The van der Waals surface area contributed by atoms with Crippen LogP contribution in [0.2, 0.25) is 0 Å². The summed E-state index contributed by atoms with van der Waals surface area (Å²) in [5.41, 5.74) is 1.30.